The first-order chi connectivity index (χ1) is 9.26. The molecule has 1 amide bonds. The van der Waals surface area contributed by atoms with E-state index in [1.807, 2.05) is 0 Å². The van der Waals surface area contributed by atoms with Gasteiger partial charge in [-0.15, -0.1) is 0 Å². The van der Waals surface area contributed by atoms with Gasteiger partial charge >= 0.3 is 0 Å². The van der Waals surface area contributed by atoms with Gasteiger partial charge in [0.15, 0.2) is 0 Å². The molecule has 2 fully saturated rings. The largest absolute Gasteiger partial charge is 0.343 e. The Kier molecular flexibility index (Phi) is 6.18. The lowest BCUT2D eigenvalue weighted by Gasteiger charge is -2.40. The molecular formula is C16H28BrNO. The minimum Gasteiger partial charge on any atom is -0.343 e. The highest BCUT2D eigenvalue weighted by molar-refractivity contribution is 9.09. The van der Waals surface area contributed by atoms with Crippen molar-refractivity contribution < 1.29 is 4.79 Å². The van der Waals surface area contributed by atoms with Crippen LogP contribution in [0.2, 0.25) is 0 Å². The number of alkyl halides is 1. The molecule has 0 aromatic heterocycles. The summed E-state index contributed by atoms with van der Waals surface area (Å²) in [6.07, 6.45) is 10.3. The molecule has 0 bridgehead atoms. The van der Waals surface area contributed by atoms with Gasteiger partial charge in [-0.3, -0.25) is 4.79 Å². The summed E-state index contributed by atoms with van der Waals surface area (Å²) < 4.78 is 0. The first-order valence-electron chi connectivity index (χ1n) is 8.11. The van der Waals surface area contributed by atoms with Crippen molar-refractivity contribution in [3.8, 4) is 0 Å². The average Bonchev–Trinajstić information content (AvgIpc) is 2.47. The van der Waals surface area contributed by atoms with E-state index in [4.69, 9.17) is 0 Å². The molecular weight excluding hydrogens is 302 g/mol. The Labute approximate surface area is 126 Å². The predicted molar refractivity (Wildman–Crippen MR) is 83.5 cm³/mol. The van der Waals surface area contributed by atoms with E-state index < -0.39 is 0 Å². The Bertz CT molecular complexity index is 294. The molecule has 3 unspecified atom stereocenters. The van der Waals surface area contributed by atoms with Crippen molar-refractivity contribution in [2.45, 2.75) is 58.3 Å². The summed E-state index contributed by atoms with van der Waals surface area (Å²) in [4.78, 5) is 14.7. The molecule has 0 saturated heterocycles. The first kappa shape index (κ1) is 15.3. The second kappa shape index (κ2) is 7.66. The third kappa shape index (κ3) is 3.96. The van der Waals surface area contributed by atoms with E-state index in [-0.39, 0.29) is 0 Å². The van der Waals surface area contributed by atoms with Crippen LogP contribution in [0.5, 0.6) is 0 Å². The molecule has 0 radical (unpaired) electrons. The van der Waals surface area contributed by atoms with Crippen molar-refractivity contribution in [1.82, 2.24) is 4.90 Å². The third-order valence-electron chi connectivity index (χ3n) is 5.14. The van der Waals surface area contributed by atoms with Gasteiger partial charge in [-0.05, 0) is 44.4 Å². The number of fused-ring (bicyclic) bond motifs is 1. The van der Waals surface area contributed by atoms with Crippen molar-refractivity contribution in [3.05, 3.63) is 0 Å². The molecule has 0 heterocycles. The third-order valence-corrected chi connectivity index (χ3v) is 5.70. The number of hydrogen-bond acceptors (Lipinski definition) is 1. The number of hydrogen-bond donors (Lipinski definition) is 0. The van der Waals surface area contributed by atoms with Gasteiger partial charge in [-0.2, -0.15) is 0 Å². The number of nitrogens with zero attached hydrogens (tertiary/aromatic N) is 1. The van der Waals surface area contributed by atoms with Crippen molar-refractivity contribution >= 4 is 21.8 Å². The molecule has 2 aliphatic rings. The smallest absolute Gasteiger partial charge is 0.225 e. The molecule has 2 rings (SSSR count). The minimum absolute atomic E-state index is 0.328. The fourth-order valence-corrected chi connectivity index (χ4v) is 4.28. The van der Waals surface area contributed by atoms with Crippen molar-refractivity contribution in [2.24, 2.45) is 17.8 Å². The summed E-state index contributed by atoms with van der Waals surface area (Å²) in [6.45, 7) is 3.90. The zero-order valence-corrected chi connectivity index (χ0v) is 13.8. The highest BCUT2D eigenvalue weighted by Gasteiger charge is 2.36. The van der Waals surface area contributed by atoms with E-state index >= 15 is 0 Å². The van der Waals surface area contributed by atoms with Gasteiger partial charge in [0, 0.05) is 24.3 Å². The number of carbonyl (C=O) groups excluding carboxylic acids is 1. The molecule has 0 aliphatic heterocycles. The van der Waals surface area contributed by atoms with Crippen LogP contribution in [0.3, 0.4) is 0 Å². The SMILES string of the molecule is CCN(CCCBr)C(=O)C1CCC2CCCCC2C1. The van der Waals surface area contributed by atoms with E-state index in [0.717, 1.165) is 43.1 Å². The zero-order valence-electron chi connectivity index (χ0n) is 12.2. The lowest BCUT2D eigenvalue weighted by Crippen LogP contribution is -2.40. The molecule has 2 nitrogen and oxygen atoms in total. The number of rotatable bonds is 5. The maximum Gasteiger partial charge on any atom is 0.225 e. The van der Waals surface area contributed by atoms with Crippen LogP contribution in [-0.4, -0.2) is 29.2 Å². The second-order valence-electron chi connectivity index (χ2n) is 6.28. The summed E-state index contributed by atoms with van der Waals surface area (Å²) in [5, 5.41) is 0.992. The van der Waals surface area contributed by atoms with Crippen LogP contribution in [0.1, 0.15) is 58.3 Å². The van der Waals surface area contributed by atoms with Crippen LogP contribution in [-0.2, 0) is 4.79 Å². The van der Waals surface area contributed by atoms with E-state index in [9.17, 15) is 4.79 Å². The Hall–Kier alpha value is -0.0500. The van der Waals surface area contributed by atoms with Crippen LogP contribution in [0.25, 0.3) is 0 Å². The second-order valence-corrected chi connectivity index (χ2v) is 7.07. The van der Waals surface area contributed by atoms with Crippen LogP contribution in [0, 0.1) is 17.8 Å². The standard InChI is InChI=1S/C16H28BrNO/c1-2-18(11-5-10-17)16(19)15-9-8-13-6-3-4-7-14(13)12-15/h13-15H,2-12H2,1H3. The summed E-state index contributed by atoms with van der Waals surface area (Å²) in [7, 11) is 0. The maximum absolute atomic E-state index is 12.6. The molecule has 2 saturated carbocycles. The minimum atomic E-state index is 0.328. The predicted octanol–water partition coefficient (Wildman–Crippen LogP) is 4.23. The van der Waals surface area contributed by atoms with Gasteiger partial charge in [0.25, 0.3) is 0 Å². The highest BCUT2D eigenvalue weighted by atomic mass is 79.9. The fourth-order valence-electron chi connectivity index (χ4n) is 4.03. The van der Waals surface area contributed by atoms with Gasteiger partial charge in [0.1, 0.15) is 0 Å². The number of carbonyl (C=O) groups is 1. The van der Waals surface area contributed by atoms with Gasteiger partial charge in [-0.1, -0.05) is 41.6 Å². The summed E-state index contributed by atoms with van der Waals surface area (Å²) in [5.74, 6) is 2.56. The Morgan fingerprint density at radius 2 is 1.89 bits per heavy atom. The number of halogens is 1. The quantitative estimate of drug-likeness (QED) is 0.691. The summed E-state index contributed by atoms with van der Waals surface area (Å²) in [6, 6.07) is 0. The highest BCUT2D eigenvalue weighted by Crippen LogP contribution is 2.43. The van der Waals surface area contributed by atoms with Crippen LogP contribution in [0.4, 0.5) is 0 Å². The van der Waals surface area contributed by atoms with Gasteiger partial charge in [0.2, 0.25) is 5.91 Å². The maximum atomic E-state index is 12.6. The van der Waals surface area contributed by atoms with Gasteiger partial charge in [0.05, 0.1) is 0 Å². The van der Waals surface area contributed by atoms with E-state index in [1.165, 1.54) is 38.5 Å². The molecule has 0 aromatic rings. The topological polar surface area (TPSA) is 20.3 Å². The molecule has 0 N–H and O–H groups in total. The van der Waals surface area contributed by atoms with E-state index in [0.29, 0.717) is 11.8 Å². The zero-order chi connectivity index (χ0) is 13.7. The summed E-state index contributed by atoms with van der Waals surface area (Å²) >= 11 is 3.46. The lowest BCUT2D eigenvalue weighted by atomic mass is 9.67. The molecule has 19 heavy (non-hydrogen) atoms. The molecule has 2 aliphatic carbocycles. The number of amides is 1. The van der Waals surface area contributed by atoms with Gasteiger partial charge < -0.3 is 4.90 Å². The Balaban J connectivity index is 1.88. The normalized spacial score (nSPS) is 30.7. The molecule has 0 aromatic carbocycles. The first-order valence-corrected chi connectivity index (χ1v) is 9.23. The molecule has 110 valence electrons. The monoisotopic (exact) mass is 329 g/mol. The fraction of sp³-hybridized carbons (Fsp3) is 0.938. The van der Waals surface area contributed by atoms with E-state index in [1.54, 1.807) is 0 Å². The lowest BCUT2D eigenvalue weighted by molar-refractivity contribution is -0.137. The van der Waals surface area contributed by atoms with Gasteiger partial charge in [-0.25, -0.2) is 0 Å². The van der Waals surface area contributed by atoms with Crippen molar-refractivity contribution in [2.75, 3.05) is 18.4 Å². The molecule has 0 spiro atoms. The van der Waals surface area contributed by atoms with Crippen LogP contribution >= 0.6 is 15.9 Å². The van der Waals surface area contributed by atoms with E-state index in [2.05, 4.69) is 27.8 Å². The Morgan fingerprint density at radius 1 is 1.16 bits per heavy atom. The van der Waals surface area contributed by atoms with Crippen molar-refractivity contribution in [3.63, 3.8) is 0 Å². The average molecular weight is 330 g/mol. The van der Waals surface area contributed by atoms with Crippen LogP contribution < -0.4 is 0 Å². The molecule has 3 atom stereocenters. The molecule has 3 heteroatoms. The Morgan fingerprint density at radius 3 is 2.58 bits per heavy atom. The van der Waals surface area contributed by atoms with Crippen LogP contribution in [0.15, 0.2) is 0 Å². The summed E-state index contributed by atoms with van der Waals surface area (Å²) in [5.41, 5.74) is 0. The van der Waals surface area contributed by atoms with Crippen molar-refractivity contribution in [1.29, 1.82) is 0 Å².